The molecular weight excluding hydrogens is 406 g/mol. The summed E-state index contributed by atoms with van der Waals surface area (Å²) in [7, 11) is -3.58. The van der Waals surface area contributed by atoms with E-state index in [1.165, 1.54) is 16.4 Å². The van der Waals surface area contributed by atoms with Crippen molar-refractivity contribution in [2.75, 3.05) is 25.0 Å². The lowest BCUT2D eigenvalue weighted by molar-refractivity contribution is 0.101. The van der Waals surface area contributed by atoms with Crippen LogP contribution in [0.2, 0.25) is 0 Å². The number of nitrogens with zero attached hydrogens (tertiary/aromatic N) is 1. The van der Waals surface area contributed by atoms with E-state index in [-0.39, 0.29) is 17.2 Å². The van der Waals surface area contributed by atoms with Crippen molar-refractivity contribution in [3.8, 4) is 0 Å². The lowest BCUT2D eigenvalue weighted by Crippen LogP contribution is -2.28. The molecule has 1 fully saturated rings. The summed E-state index contributed by atoms with van der Waals surface area (Å²) in [5.74, 6) is -2.74. The van der Waals surface area contributed by atoms with Gasteiger partial charge >= 0.3 is 0 Å². The molecule has 5 nitrogen and oxygen atoms in total. The third-order valence-electron chi connectivity index (χ3n) is 4.39. The van der Waals surface area contributed by atoms with Gasteiger partial charge in [-0.2, -0.15) is 13.1 Å². The molecule has 0 aromatic heterocycles. The first-order valence-electron chi connectivity index (χ1n) is 8.78. The fourth-order valence-corrected chi connectivity index (χ4v) is 5.01. The molecule has 0 amide bonds. The van der Waals surface area contributed by atoms with Crippen LogP contribution in [0.4, 0.5) is 14.5 Å². The number of rotatable bonds is 8. The van der Waals surface area contributed by atoms with Gasteiger partial charge in [0.15, 0.2) is 5.78 Å². The Morgan fingerprint density at radius 3 is 2.43 bits per heavy atom. The summed E-state index contributed by atoms with van der Waals surface area (Å²) in [6.07, 6.45) is 1.69. The van der Waals surface area contributed by atoms with E-state index >= 15 is 0 Å². The smallest absolute Gasteiger partial charge is 0.288 e. The number of sulfonamides is 1. The molecule has 1 aliphatic heterocycles. The summed E-state index contributed by atoms with van der Waals surface area (Å²) in [5.41, 5.74) is 0.922. The lowest BCUT2D eigenvalue weighted by atomic mass is 10.1. The molecule has 1 heterocycles. The Bertz CT molecular complexity index is 928. The number of anilines is 1. The molecule has 0 bridgehead atoms. The van der Waals surface area contributed by atoms with Crippen molar-refractivity contribution in [1.82, 2.24) is 4.31 Å². The van der Waals surface area contributed by atoms with Gasteiger partial charge in [-0.05, 0) is 49.2 Å². The van der Waals surface area contributed by atoms with Gasteiger partial charge in [0.2, 0.25) is 10.0 Å². The molecule has 28 heavy (non-hydrogen) atoms. The van der Waals surface area contributed by atoms with Gasteiger partial charge in [-0.3, -0.25) is 4.79 Å². The van der Waals surface area contributed by atoms with Crippen molar-refractivity contribution in [3.05, 3.63) is 54.1 Å². The van der Waals surface area contributed by atoms with Crippen molar-refractivity contribution in [1.29, 1.82) is 0 Å². The van der Waals surface area contributed by atoms with Gasteiger partial charge in [0.25, 0.3) is 5.76 Å². The quantitative estimate of drug-likeness (QED) is 0.509. The molecular formula is C19H20F2N2O3S2. The third-order valence-corrected chi connectivity index (χ3v) is 7.01. The Morgan fingerprint density at radius 2 is 1.79 bits per heavy atom. The molecule has 0 aliphatic carbocycles. The van der Waals surface area contributed by atoms with Crippen LogP contribution in [0.3, 0.4) is 0 Å². The predicted molar refractivity (Wildman–Crippen MR) is 106 cm³/mol. The van der Waals surface area contributed by atoms with Crippen LogP contribution < -0.4 is 5.32 Å². The number of thioether (sulfide) groups is 1. The Kier molecular flexibility index (Phi) is 6.69. The van der Waals surface area contributed by atoms with Crippen LogP contribution in [-0.4, -0.2) is 43.9 Å². The number of carbonyl (C=O) groups is 1. The van der Waals surface area contributed by atoms with Crippen LogP contribution in [0.1, 0.15) is 23.2 Å². The van der Waals surface area contributed by atoms with Gasteiger partial charge in [-0.15, -0.1) is 0 Å². The maximum atomic E-state index is 12.6. The average molecular weight is 427 g/mol. The van der Waals surface area contributed by atoms with Crippen LogP contribution in [0, 0.1) is 0 Å². The van der Waals surface area contributed by atoms with Gasteiger partial charge in [-0.25, -0.2) is 8.42 Å². The molecule has 1 N–H and O–H groups in total. The van der Waals surface area contributed by atoms with Crippen molar-refractivity contribution in [3.63, 3.8) is 0 Å². The summed E-state index contributed by atoms with van der Waals surface area (Å²) in [4.78, 5) is 13.0. The van der Waals surface area contributed by atoms with E-state index in [4.69, 9.17) is 0 Å². The number of ketones is 1. The SMILES string of the molecule is O=C(CNc1ccc(SC(F)F)cc1)c1cccc(S(=O)(=O)N2CCCC2)c1. The van der Waals surface area contributed by atoms with Crippen LogP contribution in [0.25, 0.3) is 0 Å². The van der Waals surface area contributed by atoms with Gasteiger partial charge in [0.1, 0.15) is 0 Å². The first-order chi connectivity index (χ1) is 13.4. The summed E-state index contributed by atoms with van der Waals surface area (Å²) < 4.78 is 51.4. The fraction of sp³-hybridized carbons (Fsp3) is 0.316. The Morgan fingerprint density at radius 1 is 1.11 bits per heavy atom. The Hall–Kier alpha value is -1.97. The topological polar surface area (TPSA) is 66.5 Å². The minimum Gasteiger partial charge on any atom is -0.378 e. The zero-order chi connectivity index (χ0) is 20.1. The van der Waals surface area contributed by atoms with Crippen molar-refractivity contribution in [2.24, 2.45) is 0 Å². The van der Waals surface area contributed by atoms with Crippen LogP contribution >= 0.6 is 11.8 Å². The molecule has 150 valence electrons. The number of hydrogen-bond acceptors (Lipinski definition) is 5. The number of hydrogen-bond donors (Lipinski definition) is 1. The highest BCUT2D eigenvalue weighted by atomic mass is 32.2. The normalized spacial score (nSPS) is 15.1. The van der Waals surface area contributed by atoms with E-state index in [0.717, 1.165) is 12.8 Å². The minimum atomic E-state index is -3.58. The first-order valence-corrected chi connectivity index (χ1v) is 11.1. The van der Waals surface area contributed by atoms with Crippen LogP contribution in [-0.2, 0) is 10.0 Å². The second-order valence-corrected chi connectivity index (χ2v) is 9.32. The zero-order valence-electron chi connectivity index (χ0n) is 15.0. The molecule has 2 aromatic carbocycles. The highest BCUT2D eigenvalue weighted by molar-refractivity contribution is 7.99. The van der Waals surface area contributed by atoms with Crippen molar-refractivity contribution >= 4 is 33.3 Å². The third kappa shape index (κ3) is 5.09. The number of halogens is 2. The molecule has 0 spiro atoms. The van der Waals surface area contributed by atoms with Crippen molar-refractivity contribution in [2.45, 2.75) is 28.4 Å². The van der Waals surface area contributed by atoms with Crippen LogP contribution in [0.15, 0.2) is 58.3 Å². The van der Waals surface area contributed by atoms with E-state index in [1.54, 1.807) is 36.4 Å². The number of Topliss-reactive ketones (excluding diaryl/α,β-unsaturated/α-hetero) is 1. The standard InChI is InChI=1S/C19H20F2N2O3S2/c20-19(21)27-16-8-6-15(7-9-16)22-13-18(24)14-4-3-5-17(12-14)28(25,26)23-10-1-2-11-23/h3-9,12,19,22H,1-2,10-11,13H2. The second-order valence-electron chi connectivity index (χ2n) is 6.32. The highest BCUT2D eigenvalue weighted by Gasteiger charge is 2.27. The number of carbonyl (C=O) groups excluding carboxylic acids is 1. The number of alkyl halides is 2. The zero-order valence-corrected chi connectivity index (χ0v) is 16.6. The molecule has 2 aromatic rings. The van der Waals surface area contributed by atoms with E-state index in [1.807, 2.05) is 0 Å². The number of nitrogens with one attached hydrogen (secondary N) is 1. The summed E-state index contributed by atoms with van der Waals surface area (Å²) >= 11 is 0.454. The van der Waals surface area contributed by atoms with Crippen LogP contribution in [0.5, 0.6) is 0 Å². The molecule has 0 radical (unpaired) electrons. The van der Waals surface area contributed by atoms with Crippen molar-refractivity contribution < 1.29 is 22.0 Å². The van der Waals surface area contributed by atoms with Gasteiger partial charge in [-0.1, -0.05) is 23.9 Å². The Labute approximate surface area is 167 Å². The molecule has 0 saturated carbocycles. The Balaban J connectivity index is 1.65. The van der Waals surface area contributed by atoms with Gasteiger partial charge in [0.05, 0.1) is 11.4 Å². The summed E-state index contributed by atoms with van der Waals surface area (Å²) in [5, 5.41) is 2.93. The number of benzene rings is 2. The monoisotopic (exact) mass is 426 g/mol. The minimum absolute atomic E-state index is 0.0332. The average Bonchev–Trinajstić information content (AvgIpc) is 3.22. The second kappa shape index (κ2) is 9.02. The summed E-state index contributed by atoms with van der Waals surface area (Å²) in [6, 6.07) is 12.4. The lowest BCUT2D eigenvalue weighted by Gasteiger charge is -2.16. The molecule has 0 unspecified atom stereocenters. The molecule has 9 heteroatoms. The largest absolute Gasteiger partial charge is 0.378 e. The highest BCUT2D eigenvalue weighted by Crippen LogP contribution is 2.26. The fourth-order valence-electron chi connectivity index (χ4n) is 2.95. The molecule has 1 saturated heterocycles. The maximum absolute atomic E-state index is 12.6. The first kappa shape index (κ1) is 20.8. The summed E-state index contributed by atoms with van der Waals surface area (Å²) in [6.45, 7) is 0.971. The molecule has 0 atom stereocenters. The maximum Gasteiger partial charge on any atom is 0.288 e. The predicted octanol–water partition coefficient (Wildman–Crippen LogP) is 4.08. The van der Waals surface area contributed by atoms with E-state index in [0.29, 0.717) is 41.0 Å². The molecule has 1 aliphatic rings. The van der Waals surface area contributed by atoms with Gasteiger partial charge in [0, 0.05) is 29.2 Å². The molecule has 3 rings (SSSR count). The van der Waals surface area contributed by atoms with E-state index in [9.17, 15) is 22.0 Å². The van der Waals surface area contributed by atoms with Gasteiger partial charge < -0.3 is 5.32 Å². The van der Waals surface area contributed by atoms with E-state index < -0.39 is 15.8 Å². The van der Waals surface area contributed by atoms with E-state index in [2.05, 4.69) is 5.32 Å².